The van der Waals surface area contributed by atoms with Gasteiger partial charge in [-0.15, -0.1) is 0 Å². The maximum absolute atomic E-state index is 10.5. The number of aldehydes is 1. The van der Waals surface area contributed by atoms with Crippen molar-refractivity contribution >= 4 is 12.1 Å². The Morgan fingerprint density at radius 1 is 1.40 bits per heavy atom. The van der Waals surface area contributed by atoms with Crippen LogP contribution >= 0.6 is 0 Å². The molecule has 4 nitrogen and oxygen atoms in total. The van der Waals surface area contributed by atoms with Gasteiger partial charge in [0, 0.05) is 24.8 Å². The van der Waals surface area contributed by atoms with Gasteiger partial charge in [-0.2, -0.15) is 0 Å². The summed E-state index contributed by atoms with van der Waals surface area (Å²) in [5.41, 5.74) is 0.593. The van der Waals surface area contributed by atoms with Crippen molar-refractivity contribution in [3.63, 3.8) is 0 Å². The molecule has 1 N–H and O–H groups in total. The predicted octanol–water partition coefficient (Wildman–Crippen LogP) is 0.855. The fourth-order valence-corrected chi connectivity index (χ4v) is 1.75. The molecule has 0 atom stereocenters. The molecule has 0 radical (unpaired) electrons. The molecule has 0 aromatic carbocycles. The number of piperidine rings is 1. The Balaban J connectivity index is 2.06. The number of carbonyl (C=O) groups excluding carboxylic acids is 1. The smallest absolute Gasteiger partial charge is 0.151 e. The SMILES string of the molecule is O=Cc1ccc(N2CCC(O)CC2)nc1. The molecule has 0 amide bonds. The Morgan fingerprint density at radius 2 is 2.13 bits per heavy atom. The van der Waals surface area contributed by atoms with Crippen LogP contribution in [0.4, 0.5) is 5.82 Å². The van der Waals surface area contributed by atoms with Crippen molar-refractivity contribution in [2.75, 3.05) is 18.0 Å². The first-order valence-electron chi connectivity index (χ1n) is 5.14. The molecule has 1 aliphatic heterocycles. The van der Waals surface area contributed by atoms with Crippen molar-refractivity contribution in [2.24, 2.45) is 0 Å². The highest BCUT2D eigenvalue weighted by molar-refractivity contribution is 5.74. The molecular formula is C11H14N2O2. The normalized spacial score (nSPS) is 17.8. The van der Waals surface area contributed by atoms with Gasteiger partial charge in [0.2, 0.25) is 0 Å². The van der Waals surface area contributed by atoms with E-state index in [9.17, 15) is 9.90 Å². The lowest BCUT2D eigenvalue weighted by molar-refractivity contribution is 0.112. The van der Waals surface area contributed by atoms with Crippen LogP contribution in [0.3, 0.4) is 0 Å². The largest absolute Gasteiger partial charge is 0.393 e. The number of aliphatic hydroxyl groups excluding tert-OH is 1. The van der Waals surface area contributed by atoms with Gasteiger partial charge in [-0.3, -0.25) is 4.79 Å². The zero-order chi connectivity index (χ0) is 10.7. The summed E-state index contributed by atoms with van der Waals surface area (Å²) in [7, 11) is 0. The molecular weight excluding hydrogens is 192 g/mol. The van der Waals surface area contributed by atoms with E-state index in [1.54, 1.807) is 12.3 Å². The van der Waals surface area contributed by atoms with Crippen molar-refractivity contribution in [3.05, 3.63) is 23.9 Å². The Kier molecular flexibility index (Phi) is 2.97. The maximum Gasteiger partial charge on any atom is 0.151 e. The topological polar surface area (TPSA) is 53.4 Å². The number of aromatic nitrogens is 1. The number of anilines is 1. The second-order valence-corrected chi connectivity index (χ2v) is 3.79. The molecule has 1 aromatic heterocycles. The fourth-order valence-electron chi connectivity index (χ4n) is 1.75. The highest BCUT2D eigenvalue weighted by Gasteiger charge is 2.17. The highest BCUT2D eigenvalue weighted by atomic mass is 16.3. The predicted molar refractivity (Wildman–Crippen MR) is 57.1 cm³/mol. The van der Waals surface area contributed by atoms with Gasteiger partial charge in [0.15, 0.2) is 6.29 Å². The van der Waals surface area contributed by atoms with Crippen molar-refractivity contribution in [1.82, 2.24) is 4.98 Å². The van der Waals surface area contributed by atoms with E-state index < -0.39 is 0 Å². The third-order valence-corrected chi connectivity index (χ3v) is 2.70. The third kappa shape index (κ3) is 2.33. The Labute approximate surface area is 88.6 Å². The monoisotopic (exact) mass is 206 g/mol. The van der Waals surface area contributed by atoms with Gasteiger partial charge in [0.25, 0.3) is 0 Å². The van der Waals surface area contributed by atoms with Gasteiger partial charge >= 0.3 is 0 Å². The summed E-state index contributed by atoms with van der Waals surface area (Å²) >= 11 is 0. The van der Waals surface area contributed by atoms with Gasteiger partial charge in [0.05, 0.1) is 6.10 Å². The Hall–Kier alpha value is -1.42. The minimum absolute atomic E-state index is 0.171. The standard InChI is InChI=1S/C11H14N2O2/c14-8-9-1-2-11(12-7-9)13-5-3-10(15)4-6-13/h1-2,7-8,10,15H,3-6H2. The van der Waals surface area contributed by atoms with Crippen LogP contribution in [0.5, 0.6) is 0 Å². The molecule has 0 unspecified atom stereocenters. The Bertz CT molecular complexity index is 329. The zero-order valence-corrected chi connectivity index (χ0v) is 8.47. The number of hydrogen-bond donors (Lipinski definition) is 1. The molecule has 1 aromatic rings. The molecule has 0 aliphatic carbocycles. The summed E-state index contributed by atoms with van der Waals surface area (Å²) in [6, 6.07) is 3.61. The Morgan fingerprint density at radius 3 is 2.67 bits per heavy atom. The van der Waals surface area contributed by atoms with Crippen LogP contribution in [-0.2, 0) is 0 Å². The van der Waals surface area contributed by atoms with E-state index in [-0.39, 0.29) is 6.10 Å². The van der Waals surface area contributed by atoms with Crippen LogP contribution in [0.25, 0.3) is 0 Å². The first-order valence-corrected chi connectivity index (χ1v) is 5.14. The molecule has 1 saturated heterocycles. The lowest BCUT2D eigenvalue weighted by atomic mass is 10.1. The molecule has 80 valence electrons. The maximum atomic E-state index is 10.5. The van der Waals surface area contributed by atoms with Gasteiger partial charge < -0.3 is 10.0 Å². The van der Waals surface area contributed by atoms with Crippen LogP contribution in [-0.4, -0.2) is 35.6 Å². The van der Waals surface area contributed by atoms with E-state index in [0.29, 0.717) is 5.56 Å². The van der Waals surface area contributed by atoms with Crippen molar-refractivity contribution in [1.29, 1.82) is 0 Å². The van der Waals surface area contributed by atoms with Crippen LogP contribution in [0.15, 0.2) is 18.3 Å². The average molecular weight is 206 g/mol. The van der Waals surface area contributed by atoms with E-state index in [4.69, 9.17) is 0 Å². The molecule has 1 fully saturated rings. The molecule has 0 saturated carbocycles. The number of aliphatic hydroxyl groups is 1. The summed E-state index contributed by atoms with van der Waals surface area (Å²) in [6.07, 6.45) is 3.77. The van der Waals surface area contributed by atoms with E-state index in [1.165, 1.54) is 0 Å². The molecule has 2 rings (SSSR count). The van der Waals surface area contributed by atoms with E-state index in [2.05, 4.69) is 9.88 Å². The summed E-state index contributed by atoms with van der Waals surface area (Å²) in [6.45, 7) is 1.66. The second kappa shape index (κ2) is 4.40. The molecule has 15 heavy (non-hydrogen) atoms. The van der Waals surface area contributed by atoms with Gasteiger partial charge in [-0.05, 0) is 25.0 Å². The lowest BCUT2D eigenvalue weighted by Crippen LogP contribution is -2.36. The van der Waals surface area contributed by atoms with Crippen LogP contribution < -0.4 is 4.90 Å². The molecule has 2 heterocycles. The first-order chi connectivity index (χ1) is 7.29. The minimum Gasteiger partial charge on any atom is -0.393 e. The second-order valence-electron chi connectivity index (χ2n) is 3.79. The quantitative estimate of drug-likeness (QED) is 0.729. The van der Waals surface area contributed by atoms with Crippen molar-refractivity contribution < 1.29 is 9.90 Å². The molecule has 1 aliphatic rings. The molecule has 0 bridgehead atoms. The molecule has 4 heteroatoms. The minimum atomic E-state index is -0.171. The first kappa shape index (κ1) is 10.1. The zero-order valence-electron chi connectivity index (χ0n) is 8.47. The van der Waals surface area contributed by atoms with E-state index >= 15 is 0 Å². The average Bonchev–Trinajstić information content (AvgIpc) is 2.30. The van der Waals surface area contributed by atoms with E-state index in [1.807, 2.05) is 6.07 Å². The van der Waals surface area contributed by atoms with E-state index in [0.717, 1.165) is 38.0 Å². The summed E-state index contributed by atoms with van der Waals surface area (Å²) < 4.78 is 0. The molecule has 0 spiro atoms. The van der Waals surface area contributed by atoms with Gasteiger partial charge in [-0.25, -0.2) is 4.98 Å². The van der Waals surface area contributed by atoms with Crippen molar-refractivity contribution in [2.45, 2.75) is 18.9 Å². The highest BCUT2D eigenvalue weighted by Crippen LogP contribution is 2.17. The number of carbonyl (C=O) groups is 1. The number of rotatable bonds is 2. The number of pyridine rings is 1. The van der Waals surface area contributed by atoms with Gasteiger partial charge in [0.1, 0.15) is 5.82 Å². The fraction of sp³-hybridized carbons (Fsp3) is 0.455. The summed E-state index contributed by atoms with van der Waals surface area (Å²) in [5, 5.41) is 9.36. The summed E-state index contributed by atoms with van der Waals surface area (Å²) in [5.74, 6) is 0.882. The number of hydrogen-bond acceptors (Lipinski definition) is 4. The van der Waals surface area contributed by atoms with Gasteiger partial charge in [-0.1, -0.05) is 0 Å². The number of nitrogens with zero attached hydrogens (tertiary/aromatic N) is 2. The van der Waals surface area contributed by atoms with Crippen LogP contribution in [0.2, 0.25) is 0 Å². The third-order valence-electron chi connectivity index (χ3n) is 2.70. The van der Waals surface area contributed by atoms with Crippen LogP contribution in [0.1, 0.15) is 23.2 Å². The summed E-state index contributed by atoms with van der Waals surface area (Å²) in [4.78, 5) is 16.8. The van der Waals surface area contributed by atoms with Crippen LogP contribution in [0, 0.1) is 0 Å². The lowest BCUT2D eigenvalue weighted by Gasteiger charge is -2.30. The van der Waals surface area contributed by atoms with Crippen molar-refractivity contribution in [3.8, 4) is 0 Å².